The molecule has 0 spiro atoms. The Labute approximate surface area is 131 Å². The topological polar surface area (TPSA) is 26.3 Å². The molecule has 0 heterocycles. The van der Waals surface area contributed by atoms with E-state index in [9.17, 15) is 4.79 Å². The fourth-order valence-electron chi connectivity index (χ4n) is 4.08. The van der Waals surface area contributed by atoms with E-state index in [2.05, 4.69) is 53.4 Å². The molecular formula is C18H32O2Si. The number of ketones is 1. The lowest BCUT2D eigenvalue weighted by Crippen LogP contribution is -2.61. The van der Waals surface area contributed by atoms with Gasteiger partial charge in [0.15, 0.2) is 8.32 Å². The van der Waals surface area contributed by atoms with Crippen molar-refractivity contribution in [3.63, 3.8) is 0 Å². The van der Waals surface area contributed by atoms with Crippen LogP contribution in [0.1, 0.15) is 59.8 Å². The highest BCUT2D eigenvalue weighted by atomic mass is 28.4. The van der Waals surface area contributed by atoms with Gasteiger partial charge in [0, 0.05) is 12.3 Å². The highest BCUT2D eigenvalue weighted by Crippen LogP contribution is 2.60. The van der Waals surface area contributed by atoms with Crippen molar-refractivity contribution >= 4 is 14.1 Å². The lowest BCUT2D eigenvalue weighted by atomic mass is 9.63. The van der Waals surface area contributed by atoms with Gasteiger partial charge in [0.25, 0.3) is 0 Å². The summed E-state index contributed by atoms with van der Waals surface area (Å²) >= 11 is 0. The largest absolute Gasteiger partial charge is 0.410 e. The first-order valence-corrected chi connectivity index (χ1v) is 11.3. The van der Waals surface area contributed by atoms with Crippen molar-refractivity contribution in [2.75, 3.05) is 0 Å². The van der Waals surface area contributed by atoms with Gasteiger partial charge < -0.3 is 4.43 Å². The lowest BCUT2D eigenvalue weighted by molar-refractivity contribution is -0.150. The van der Waals surface area contributed by atoms with Gasteiger partial charge in [-0.3, -0.25) is 4.79 Å². The molecule has 0 aliphatic heterocycles. The predicted octanol–water partition coefficient (Wildman–Crippen LogP) is 5.10. The van der Waals surface area contributed by atoms with Gasteiger partial charge in [0.2, 0.25) is 0 Å². The molecule has 0 aromatic carbocycles. The summed E-state index contributed by atoms with van der Waals surface area (Å²) in [5.41, 5.74) is -0.604. The molecule has 120 valence electrons. The number of rotatable bonds is 3. The maximum Gasteiger partial charge on any atom is 0.192 e. The van der Waals surface area contributed by atoms with Crippen LogP contribution in [0.2, 0.25) is 18.1 Å². The molecule has 2 nitrogen and oxygen atoms in total. The molecule has 2 rings (SSSR count). The highest BCUT2D eigenvalue weighted by molar-refractivity contribution is 6.74. The van der Waals surface area contributed by atoms with Crippen molar-refractivity contribution in [1.82, 2.24) is 0 Å². The Morgan fingerprint density at radius 1 is 1.33 bits per heavy atom. The highest BCUT2D eigenvalue weighted by Gasteiger charge is 2.64. The molecule has 0 radical (unpaired) electrons. The third kappa shape index (κ3) is 2.37. The minimum atomic E-state index is -1.92. The number of hydrogen-bond donors (Lipinski definition) is 0. The summed E-state index contributed by atoms with van der Waals surface area (Å²) in [7, 11) is -1.92. The van der Waals surface area contributed by atoms with Crippen LogP contribution in [0.3, 0.4) is 0 Å². The zero-order chi connectivity index (χ0) is 16.1. The van der Waals surface area contributed by atoms with E-state index in [1.165, 1.54) is 0 Å². The monoisotopic (exact) mass is 308 g/mol. The second-order valence-electron chi connectivity index (χ2n) is 8.74. The third-order valence-electron chi connectivity index (χ3n) is 6.58. The normalized spacial score (nSPS) is 37.4. The smallest absolute Gasteiger partial charge is 0.192 e. The molecular weight excluding hydrogens is 276 g/mol. The van der Waals surface area contributed by atoms with Crippen molar-refractivity contribution in [3.8, 4) is 0 Å². The number of carbonyl (C=O) groups excluding carboxylic acids is 1. The standard InChI is InChI=1S/C18H32O2Si/c1-8-14-11-13-17(5)15(19)10-9-12-18(14,17)20-21(6,7)16(2,3)4/h8,14H,1,9-13H2,2-7H3/t14-,17+,18-/m1/s1. The van der Waals surface area contributed by atoms with Crippen LogP contribution in [0.25, 0.3) is 0 Å². The first-order valence-electron chi connectivity index (χ1n) is 8.36. The van der Waals surface area contributed by atoms with Crippen LogP contribution >= 0.6 is 0 Å². The fraction of sp³-hybridized carbons (Fsp3) is 0.833. The Hall–Kier alpha value is -0.413. The van der Waals surface area contributed by atoms with Gasteiger partial charge in [0.1, 0.15) is 5.78 Å². The molecule has 2 aliphatic carbocycles. The third-order valence-corrected chi connectivity index (χ3v) is 11.1. The summed E-state index contributed by atoms with van der Waals surface area (Å²) < 4.78 is 6.98. The van der Waals surface area contributed by atoms with Crippen LogP contribution < -0.4 is 0 Å². The first-order chi connectivity index (χ1) is 9.50. The Kier molecular flexibility index (Phi) is 4.08. The van der Waals surface area contributed by atoms with Gasteiger partial charge in [-0.2, -0.15) is 0 Å². The minimum Gasteiger partial charge on any atom is -0.410 e. The van der Waals surface area contributed by atoms with Crippen LogP contribution in [0.4, 0.5) is 0 Å². The summed E-state index contributed by atoms with van der Waals surface area (Å²) in [5, 5.41) is 0.164. The number of hydrogen-bond acceptors (Lipinski definition) is 2. The molecule has 0 aromatic heterocycles. The van der Waals surface area contributed by atoms with Gasteiger partial charge >= 0.3 is 0 Å². The molecule has 0 amide bonds. The van der Waals surface area contributed by atoms with Crippen molar-refractivity contribution < 1.29 is 9.22 Å². The Morgan fingerprint density at radius 2 is 1.95 bits per heavy atom. The second kappa shape index (κ2) is 5.06. The number of Topliss-reactive ketones (excluding diaryl/α,β-unsaturated/α-hetero) is 1. The van der Waals surface area contributed by atoms with Crippen LogP contribution in [0.15, 0.2) is 12.7 Å². The van der Waals surface area contributed by atoms with Crippen molar-refractivity contribution in [3.05, 3.63) is 12.7 Å². The van der Waals surface area contributed by atoms with Gasteiger partial charge in [-0.15, -0.1) is 6.58 Å². The molecule has 2 fully saturated rings. The maximum atomic E-state index is 12.7. The molecule has 0 N–H and O–H groups in total. The Bertz CT molecular complexity index is 449. The van der Waals surface area contributed by atoms with Gasteiger partial charge in [0.05, 0.1) is 11.0 Å². The molecule has 21 heavy (non-hydrogen) atoms. The van der Waals surface area contributed by atoms with E-state index in [0.29, 0.717) is 11.7 Å². The van der Waals surface area contributed by atoms with Crippen LogP contribution in [0, 0.1) is 11.3 Å². The number of carbonyl (C=O) groups is 1. The van der Waals surface area contributed by atoms with Crippen molar-refractivity contribution in [2.45, 2.75) is 83.5 Å². The van der Waals surface area contributed by atoms with Crippen LogP contribution in [-0.2, 0) is 9.22 Å². The zero-order valence-corrected chi connectivity index (χ0v) is 15.7. The first kappa shape index (κ1) is 16.9. The quantitative estimate of drug-likeness (QED) is 0.535. The Balaban J connectivity index is 2.47. The summed E-state index contributed by atoms with van der Waals surface area (Å²) in [6.45, 7) is 17.6. The van der Waals surface area contributed by atoms with Gasteiger partial charge in [-0.25, -0.2) is 0 Å². The van der Waals surface area contributed by atoms with Crippen molar-refractivity contribution in [1.29, 1.82) is 0 Å². The summed E-state index contributed by atoms with van der Waals surface area (Å²) in [6, 6.07) is 0. The van der Waals surface area contributed by atoms with E-state index in [4.69, 9.17) is 4.43 Å². The van der Waals surface area contributed by atoms with Crippen LogP contribution in [-0.4, -0.2) is 19.7 Å². The van der Waals surface area contributed by atoms with Crippen molar-refractivity contribution in [2.24, 2.45) is 11.3 Å². The van der Waals surface area contributed by atoms with Gasteiger partial charge in [-0.1, -0.05) is 26.8 Å². The molecule has 2 aliphatic rings. The SMILES string of the molecule is C=C[C@@H]1CC[C@@]2(C)C(=O)CCC[C@@]12O[Si](C)(C)C(C)(C)C. The van der Waals surface area contributed by atoms with E-state index in [0.717, 1.165) is 32.1 Å². The van der Waals surface area contributed by atoms with E-state index in [1.807, 2.05) is 0 Å². The molecule has 0 saturated heterocycles. The summed E-state index contributed by atoms with van der Waals surface area (Å²) in [5.74, 6) is 0.734. The average Bonchev–Trinajstić information content (AvgIpc) is 2.62. The zero-order valence-electron chi connectivity index (χ0n) is 14.7. The molecule has 0 bridgehead atoms. The minimum absolute atomic E-state index is 0.164. The fourth-order valence-corrected chi connectivity index (χ4v) is 5.77. The predicted molar refractivity (Wildman–Crippen MR) is 90.9 cm³/mol. The molecule has 2 saturated carbocycles. The molecule has 0 unspecified atom stereocenters. The second-order valence-corrected chi connectivity index (χ2v) is 13.5. The average molecular weight is 309 g/mol. The maximum absolute atomic E-state index is 12.7. The van der Waals surface area contributed by atoms with E-state index >= 15 is 0 Å². The van der Waals surface area contributed by atoms with E-state index in [1.54, 1.807) is 0 Å². The summed E-state index contributed by atoms with van der Waals surface area (Å²) in [6.07, 6.45) is 6.75. The van der Waals surface area contributed by atoms with E-state index in [-0.39, 0.29) is 16.1 Å². The lowest BCUT2D eigenvalue weighted by Gasteiger charge is -2.54. The molecule has 3 atom stereocenters. The molecule has 3 heteroatoms. The van der Waals surface area contributed by atoms with Gasteiger partial charge in [-0.05, 0) is 50.7 Å². The Morgan fingerprint density at radius 3 is 2.48 bits per heavy atom. The summed E-state index contributed by atoms with van der Waals surface area (Å²) in [4.78, 5) is 12.7. The number of fused-ring (bicyclic) bond motifs is 1. The molecule has 0 aromatic rings. The van der Waals surface area contributed by atoms with E-state index < -0.39 is 8.32 Å². The van der Waals surface area contributed by atoms with Crippen LogP contribution in [0.5, 0.6) is 0 Å².